The fourth-order valence-corrected chi connectivity index (χ4v) is 2.85. The van der Waals surface area contributed by atoms with Crippen molar-refractivity contribution in [2.75, 3.05) is 0 Å². The van der Waals surface area contributed by atoms with Gasteiger partial charge in [-0.25, -0.2) is 9.97 Å². The summed E-state index contributed by atoms with van der Waals surface area (Å²) in [7, 11) is 0. The molecule has 0 aliphatic rings. The molecule has 0 spiro atoms. The number of imidazole rings is 1. The first-order valence-electron chi connectivity index (χ1n) is 7.00. The van der Waals surface area contributed by atoms with Gasteiger partial charge in [0.25, 0.3) is 0 Å². The minimum absolute atomic E-state index is 0.170. The molecule has 4 nitrogen and oxygen atoms in total. The molecule has 2 heterocycles. The van der Waals surface area contributed by atoms with E-state index in [0.717, 1.165) is 17.2 Å². The highest BCUT2D eigenvalue weighted by Gasteiger charge is 2.27. The molecule has 0 amide bonds. The molecule has 2 atom stereocenters. The summed E-state index contributed by atoms with van der Waals surface area (Å²) in [5.74, 6) is 0. The fourth-order valence-electron chi connectivity index (χ4n) is 2.15. The highest BCUT2D eigenvalue weighted by Crippen LogP contribution is 2.24. The molecule has 2 unspecified atom stereocenters. The summed E-state index contributed by atoms with van der Waals surface area (Å²) in [4.78, 5) is 8.70. The van der Waals surface area contributed by atoms with Crippen molar-refractivity contribution in [1.29, 1.82) is 0 Å². The van der Waals surface area contributed by atoms with Gasteiger partial charge in [-0.05, 0) is 19.3 Å². The van der Waals surface area contributed by atoms with Crippen molar-refractivity contribution in [2.24, 2.45) is 5.41 Å². The van der Waals surface area contributed by atoms with Gasteiger partial charge in [-0.1, -0.05) is 20.8 Å². The van der Waals surface area contributed by atoms with E-state index in [4.69, 9.17) is 0 Å². The largest absolute Gasteiger partial charge is 0.336 e. The lowest BCUT2D eigenvalue weighted by molar-refractivity contribution is 0.225. The smallest absolute Gasteiger partial charge is 0.0946 e. The van der Waals surface area contributed by atoms with E-state index in [-0.39, 0.29) is 11.5 Å². The Bertz CT molecular complexity index is 524. The lowest BCUT2D eigenvalue weighted by Gasteiger charge is -2.34. The van der Waals surface area contributed by atoms with Crippen LogP contribution in [0.1, 0.15) is 44.4 Å². The van der Waals surface area contributed by atoms with Crippen LogP contribution in [0.5, 0.6) is 0 Å². The second-order valence-electron chi connectivity index (χ2n) is 6.36. The zero-order valence-electron chi connectivity index (χ0n) is 12.9. The fraction of sp³-hybridized carbons (Fsp3) is 0.600. The number of nitrogens with zero attached hydrogens (tertiary/aromatic N) is 3. The molecule has 1 N–H and O–H groups in total. The van der Waals surface area contributed by atoms with Crippen LogP contribution in [0.3, 0.4) is 0 Å². The van der Waals surface area contributed by atoms with Gasteiger partial charge in [0.15, 0.2) is 0 Å². The van der Waals surface area contributed by atoms with Gasteiger partial charge in [-0.3, -0.25) is 0 Å². The van der Waals surface area contributed by atoms with Crippen LogP contribution in [0.4, 0.5) is 0 Å². The normalized spacial score (nSPS) is 15.2. The van der Waals surface area contributed by atoms with E-state index in [1.165, 1.54) is 0 Å². The van der Waals surface area contributed by atoms with Crippen LogP contribution < -0.4 is 5.32 Å². The van der Waals surface area contributed by atoms with Crippen LogP contribution in [0.25, 0.3) is 0 Å². The molecule has 0 saturated carbocycles. The van der Waals surface area contributed by atoms with Crippen molar-refractivity contribution >= 4 is 11.3 Å². The molecule has 2 rings (SSSR count). The average molecular weight is 292 g/mol. The second kappa shape index (κ2) is 6.06. The van der Waals surface area contributed by atoms with E-state index in [1.807, 2.05) is 25.6 Å². The van der Waals surface area contributed by atoms with Gasteiger partial charge in [0.2, 0.25) is 0 Å². The van der Waals surface area contributed by atoms with E-state index in [1.54, 1.807) is 11.3 Å². The highest BCUT2D eigenvalue weighted by molar-refractivity contribution is 7.09. The average Bonchev–Trinajstić information content (AvgIpc) is 2.98. The lowest BCUT2D eigenvalue weighted by atomic mass is 9.86. The monoisotopic (exact) mass is 292 g/mol. The van der Waals surface area contributed by atoms with E-state index in [9.17, 15) is 0 Å². The molecule has 20 heavy (non-hydrogen) atoms. The van der Waals surface area contributed by atoms with Crippen LogP contribution in [-0.4, -0.2) is 20.6 Å². The molecule has 0 saturated heterocycles. The third kappa shape index (κ3) is 3.90. The van der Waals surface area contributed by atoms with Gasteiger partial charge in [-0.2, -0.15) is 0 Å². The molecule has 5 heteroatoms. The summed E-state index contributed by atoms with van der Waals surface area (Å²) in [6, 6.07) is 0.612. The van der Waals surface area contributed by atoms with Gasteiger partial charge in [0.05, 0.1) is 17.0 Å². The Labute approximate surface area is 125 Å². The zero-order chi connectivity index (χ0) is 14.8. The quantitative estimate of drug-likeness (QED) is 0.918. The van der Waals surface area contributed by atoms with Crippen molar-refractivity contribution in [3.05, 3.63) is 34.8 Å². The number of hydrogen-bond acceptors (Lipinski definition) is 4. The first-order chi connectivity index (χ1) is 9.36. The Morgan fingerprint density at radius 3 is 2.65 bits per heavy atom. The predicted octanol–water partition coefficient (Wildman–Crippen LogP) is 3.41. The summed E-state index contributed by atoms with van der Waals surface area (Å²) in [5.41, 5.74) is 1.30. The van der Waals surface area contributed by atoms with Crippen molar-refractivity contribution in [2.45, 2.75) is 53.2 Å². The van der Waals surface area contributed by atoms with Crippen molar-refractivity contribution in [3.8, 4) is 0 Å². The van der Waals surface area contributed by atoms with E-state index in [2.05, 4.69) is 52.9 Å². The summed E-state index contributed by atoms with van der Waals surface area (Å²) in [5, 5.41) is 6.98. The topological polar surface area (TPSA) is 42.7 Å². The molecule has 0 aromatic carbocycles. The molecule has 2 aromatic rings. The number of nitrogens with one attached hydrogen (secondary N) is 1. The van der Waals surface area contributed by atoms with Crippen LogP contribution in [-0.2, 0) is 6.54 Å². The molecule has 110 valence electrons. The minimum Gasteiger partial charge on any atom is -0.336 e. The second-order valence-corrected chi connectivity index (χ2v) is 7.42. The van der Waals surface area contributed by atoms with Crippen LogP contribution in [0.2, 0.25) is 0 Å². The first kappa shape index (κ1) is 15.2. The minimum atomic E-state index is 0.170. The first-order valence-corrected chi connectivity index (χ1v) is 7.88. The number of aromatic nitrogens is 3. The summed E-state index contributed by atoms with van der Waals surface area (Å²) in [6.45, 7) is 11.9. The van der Waals surface area contributed by atoms with Gasteiger partial charge in [0, 0.05) is 36.4 Å². The van der Waals surface area contributed by atoms with Crippen molar-refractivity contribution in [3.63, 3.8) is 0 Å². The highest BCUT2D eigenvalue weighted by atomic mass is 32.1. The maximum Gasteiger partial charge on any atom is 0.0946 e. The summed E-state index contributed by atoms with van der Waals surface area (Å²) < 4.78 is 2.13. The lowest BCUT2D eigenvalue weighted by Crippen LogP contribution is -2.44. The van der Waals surface area contributed by atoms with E-state index >= 15 is 0 Å². The molecule has 0 aliphatic carbocycles. The van der Waals surface area contributed by atoms with Gasteiger partial charge < -0.3 is 9.88 Å². The Balaban J connectivity index is 2.08. The SMILES string of the molecule is Cc1nc(C(C)NC(Cn2ccnc2)C(C)(C)C)cs1. The van der Waals surface area contributed by atoms with Gasteiger partial charge in [-0.15, -0.1) is 11.3 Å². The maximum atomic E-state index is 4.58. The molecule has 2 aromatic heterocycles. The molecular weight excluding hydrogens is 268 g/mol. The number of thiazole rings is 1. The Morgan fingerprint density at radius 2 is 2.15 bits per heavy atom. The third-order valence-corrected chi connectivity index (χ3v) is 4.32. The number of rotatable bonds is 5. The Kier molecular flexibility index (Phi) is 4.60. The number of hydrogen-bond donors (Lipinski definition) is 1. The zero-order valence-corrected chi connectivity index (χ0v) is 13.7. The van der Waals surface area contributed by atoms with Gasteiger partial charge >= 0.3 is 0 Å². The van der Waals surface area contributed by atoms with E-state index in [0.29, 0.717) is 6.04 Å². The standard InChI is InChI=1S/C15H24N4S/c1-11(13-9-20-12(2)18-13)17-14(15(3,4)5)8-19-7-6-16-10-19/h6-7,9-11,14,17H,8H2,1-5H3. The van der Waals surface area contributed by atoms with Crippen LogP contribution in [0.15, 0.2) is 24.1 Å². The molecular formula is C15H24N4S. The third-order valence-electron chi connectivity index (χ3n) is 3.53. The predicted molar refractivity (Wildman–Crippen MR) is 83.9 cm³/mol. The molecule has 0 bridgehead atoms. The molecule has 0 fully saturated rings. The van der Waals surface area contributed by atoms with Crippen LogP contribution in [0, 0.1) is 12.3 Å². The van der Waals surface area contributed by atoms with Crippen molar-refractivity contribution in [1.82, 2.24) is 19.9 Å². The van der Waals surface area contributed by atoms with Gasteiger partial charge in [0.1, 0.15) is 0 Å². The molecule has 0 aliphatic heterocycles. The van der Waals surface area contributed by atoms with E-state index < -0.39 is 0 Å². The maximum absolute atomic E-state index is 4.58. The summed E-state index contributed by atoms with van der Waals surface area (Å²) >= 11 is 1.71. The number of aryl methyl sites for hydroxylation is 1. The summed E-state index contributed by atoms with van der Waals surface area (Å²) in [6.07, 6.45) is 5.71. The van der Waals surface area contributed by atoms with Crippen LogP contribution >= 0.6 is 11.3 Å². The van der Waals surface area contributed by atoms with Crippen molar-refractivity contribution < 1.29 is 0 Å². The Morgan fingerprint density at radius 1 is 1.40 bits per heavy atom. The Hall–Kier alpha value is -1.20. The molecule has 0 radical (unpaired) electrons.